The van der Waals surface area contributed by atoms with Gasteiger partial charge in [-0.15, -0.1) is 0 Å². The summed E-state index contributed by atoms with van der Waals surface area (Å²) >= 11 is 0. The van der Waals surface area contributed by atoms with Crippen LogP contribution in [0.3, 0.4) is 0 Å². The van der Waals surface area contributed by atoms with Gasteiger partial charge in [-0.1, -0.05) is 0 Å². The number of rotatable bonds is 1. The molecule has 1 aromatic rings. The maximum Gasteiger partial charge on any atom is 0.146 e. The van der Waals surface area contributed by atoms with Crippen LogP contribution in [0.4, 0.5) is 5.82 Å². The Bertz CT molecular complexity index is 422. The van der Waals surface area contributed by atoms with E-state index in [0.29, 0.717) is 5.56 Å². The van der Waals surface area contributed by atoms with Crippen LogP contribution in [0.2, 0.25) is 0 Å². The molecule has 84 valence electrons. The van der Waals surface area contributed by atoms with Crippen LogP contribution in [0.5, 0.6) is 0 Å². The standard InChI is InChI=1S/C12H16N4/c1-9-4-5-15-12(11(9)7-13)16-6-2-3-10(14)8-16/h4-5,10H,2-3,6,8,14H2,1H3. The van der Waals surface area contributed by atoms with E-state index in [0.717, 1.165) is 37.3 Å². The summed E-state index contributed by atoms with van der Waals surface area (Å²) in [6.45, 7) is 3.68. The Morgan fingerprint density at radius 2 is 2.44 bits per heavy atom. The van der Waals surface area contributed by atoms with Gasteiger partial charge in [-0.25, -0.2) is 4.98 Å². The Labute approximate surface area is 95.7 Å². The molecular weight excluding hydrogens is 200 g/mol. The normalized spacial score (nSPS) is 20.6. The molecule has 1 saturated heterocycles. The summed E-state index contributed by atoms with van der Waals surface area (Å²) in [5.74, 6) is 0.789. The molecule has 1 aliphatic rings. The molecule has 0 radical (unpaired) electrons. The van der Waals surface area contributed by atoms with Crippen LogP contribution in [0, 0.1) is 18.3 Å². The lowest BCUT2D eigenvalue weighted by Crippen LogP contribution is -2.43. The summed E-state index contributed by atoms with van der Waals surface area (Å²) in [6, 6.07) is 4.29. The topological polar surface area (TPSA) is 65.9 Å². The van der Waals surface area contributed by atoms with Crippen molar-refractivity contribution in [3.8, 4) is 6.07 Å². The summed E-state index contributed by atoms with van der Waals surface area (Å²) in [4.78, 5) is 6.44. The molecular formula is C12H16N4. The molecule has 16 heavy (non-hydrogen) atoms. The van der Waals surface area contributed by atoms with E-state index in [1.165, 1.54) is 0 Å². The predicted octanol–water partition coefficient (Wildman–Crippen LogP) is 1.19. The molecule has 1 unspecified atom stereocenters. The third-order valence-electron chi connectivity index (χ3n) is 3.01. The summed E-state index contributed by atoms with van der Waals surface area (Å²) in [5, 5.41) is 9.15. The SMILES string of the molecule is Cc1ccnc(N2CCCC(N)C2)c1C#N. The van der Waals surface area contributed by atoms with Gasteiger partial charge in [0, 0.05) is 25.3 Å². The molecule has 1 aromatic heterocycles. The molecule has 2 heterocycles. The number of nitrogens with zero attached hydrogens (tertiary/aromatic N) is 3. The quantitative estimate of drug-likeness (QED) is 0.765. The van der Waals surface area contributed by atoms with Gasteiger partial charge in [-0.3, -0.25) is 0 Å². The van der Waals surface area contributed by atoms with Gasteiger partial charge < -0.3 is 10.6 Å². The fourth-order valence-corrected chi connectivity index (χ4v) is 2.12. The van der Waals surface area contributed by atoms with E-state index in [-0.39, 0.29) is 6.04 Å². The maximum atomic E-state index is 9.15. The lowest BCUT2D eigenvalue weighted by atomic mass is 10.1. The van der Waals surface area contributed by atoms with Crippen molar-refractivity contribution in [3.63, 3.8) is 0 Å². The van der Waals surface area contributed by atoms with Gasteiger partial charge in [-0.05, 0) is 31.4 Å². The maximum absolute atomic E-state index is 9.15. The second-order valence-corrected chi connectivity index (χ2v) is 4.29. The fraction of sp³-hybridized carbons (Fsp3) is 0.500. The second-order valence-electron chi connectivity index (χ2n) is 4.29. The minimum atomic E-state index is 0.197. The average Bonchev–Trinajstić information content (AvgIpc) is 2.28. The number of hydrogen-bond acceptors (Lipinski definition) is 4. The monoisotopic (exact) mass is 216 g/mol. The molecule has 1 aliphatic heterocycles. The minimum Gasteiger partial charge on any atom is -0.354 e. The van der Waals surface area contributed by atoms with Crippen LogP contribution < -0.4 is 10.6 Å². The zero-order chi connectivity index (χ0) is 11.5. The molecule has 0 saturated carbocycles. The second kappa shape index (κ2) is 4.50. The van der Waals surface area contributed by atoms with E-state index in [9.17, 15) is 0 Å². The highest BCUT2D eigenvalue weighted by Gasteiger charge is 2.20. The summed E-state index contributed by atoms with van der Waals surface area (Å²) in [6.07, 6.45) is 3.89. The average molecular weight is 216 g/mol. The Morgan fingerprint density at radius 1 is 1.62 bits per heavy atom. The number of anilines is 1. The van der Waals surface area contributed by atoms with E-state index in [4.69, 9.17) is 11.0 Å². The number of piperidine rings is 1. The van der Waals surface area contributed by atoms with Crippen LogP contribution >= 0.6 is 0 Å². The van der Waals surface area contributed by atoms with Crippen molar-refractivity contribution in [2.75, 3.05) is 18.0 Å². The van der Waals surface area contributed by atoms with E-state index < -0.39 is 0 Å². The highest BCUT2D eigenvalue weighted by Crippen LogP contribution is 2.22. The molecule has 0 amide bonds. The molecule has 4 nitrogen and oxygen atoms in total. The van der Waals surface area contributed by atoms with Gasteiger partial charge >= 0.3 is 0 Å². The Balaban J connectivity index is 2.33. The molecule has 2 N–H and O–H groups in total. The molecule has 0 bridgehead atoms. The molecule has 0 aliphatic carbocycles. The van der Waals surface area contributed by atoms with Gasteiger partial charge in [0.2, 0.25) is 0 Å². The lowest BCUT2D eigenvalue weighted by molar-refractivity contribution is 0.503. The molecule has 1 atom stereocenters. The Morgan fingerprint density at radius 3 is 3.12 bits per heavy atom. The Kier molecular flexibility index (Phi) is 3.07. The van der Waals surface area contributed by atoms with E-state index >= 15 is 0 Å². The van der Waals surface area contributed by atoms with E-state index in [1.807, 2.05) is 13.0 Å². The van der Waals surface area contributed by atoms with Crippen molar-refractivity contribution in [1.29, 1.82) is 5.26 Å². The first-order valence-corrected chi connectivity index (χ1v) is 5.58. The third kappa shape index (κ3) is 2.00. The number of nitrogens with two attached hydrogens (primary N) is 1. The third-order valence-corrected chi connectivity index (χ3v) is 3.01. The predicted molar refractivity (Wildman–Crippen MR) is 63.1 cm³/mol. The largest absolute Gasteiger partial charge is 0.354 e. The number of nitriles is 1. The van der Waals surface area contributed by atoms with Crippen LogP contribution in [0.15, 0.2) is 12.3 Å². The van der Waals surface area contributed by atoms with Crippen molar-refractivity contribution in [3.05, 3.63) is 23.4 Å². The Hall–Kier alpha value is -1.60. The zero-order valence-corrected chi connectivity index (χ0v) is 9.48. The molecule has 0 spiro atoms. The molecule has 0 aromatic carbocycles. The zero-order valence-electron chi connectivity index (χ0n) is 9.48. The van der Waals surface area contributed by atoms with Crippen LogP contribution in [0.25, 0.3) is 0 Å². The highest BCUT2D eigenvalue weighted by molar-refractivity contribution is 5.57. The van der Waals surface area contributed by atoms with Gasteiger partial charge in [0.05, 0.1) is 5.56 Å². The van der Waals surface area contributed by atoms with Gasteiger partial charge in [0.15, 0.2) is 0 Å². The van der Waals surface area contributed by atoms with Crippen LogP contribution in [0.1, 0.15) is 24.0 Å². The van der Waals surface area contributed by atoms with E-state index in [1.54, 1.807) is 6.20 Å². The highest BCUT2D eigenvalue weighted by atomic mass is 15.2. The first-order valence-electron chi connectivity index (χ1n) is 5.58. The molecule has 2 rings (SSSR count). The number of pyridine rings is 1. The van der Waals surface area contributed by atoms with Crippen LogP contribution in [-0.2, 0) is 0 Å². The molecule has 4 heteroatoms. The number of aryl methyl sites for hydroxylation is 1. The van der Waals surface area contributed by atoms with Gasteiger partial charge in [0.1, 0.15) is 11.9 Å². The van der Waals surface area contributed by atoms with Crippen molar-refractivity contribution in [2.45, 2.75) is 25.8 Å². The first-order chi connectivity index (χ1) is 7.72. The van der Waals surface area contributed by atoms with Crippen molar-refractivity contribution in [1.82, 2.24) is 4.98 Å². The van der Waals surface area contributed by atoms with Gasteiger partial charge in [-0.2, -0.15) is 5.26 Å². The fourth-order valence-electron chi connectivity index (χ4n) is 2.12. The van der Waals surface area contributed by atoms with Crippen LogP contribution in [-0.4, -0.2) is 24.1 Å². The summed E-state index contributed by atoms with van der Waals surface area (Å²) in [7, 11) is 0. The summed E-state index contributed by atoms with van der Waals surface area (Å²) in [5.41, 5.74) is 7.60. The summed E-state index contributed by atoms with van der Waals surface area (Å²) < 4.78 is 0. The van der Waals surface area contributed by atoms with Crippen molar-refractivity contribution >= 4 is 5.82 Å². The van der Waals surface area contributed by atoms with Crippen molar-refractivity contribution in [2.24, 2.45) is 5.73 Å². The van der Waals surface area contributed by atoms with Crippen molar-refractivity contribution < 1.29 is 0 Å². The minimum absolute atomic E-state index is 0.197. The smallest absolute Gasteiger partial charge is 0.146 e. The first kappa shape index (κ1) is 10.9. The molecule has 1 fully saturated rings. The van der Waals surface area contributed by atoms with Gasteiger partial charge in [0.25, 0.3) is 0 Å². The number of aromatic nitrogens is 1. The van der Waals surface area contributed by atoms with E-state index in [2.05, 4.69) is 16.0 Å². The number of hydrogen-bond donors (Lipinski definition) is 1. The lowest BCUT2D eigenvalue weighted by Gasteiger charge is -2.32.